The van der Waals surface area contributed by atoms with Crippen molar-refractivity contribution in [1.82, 2.24) is 9.47 Å². The molecule has 4 heteroatoms. The van der Waals surface area contributed by atoms with Gasteiger partial charge in [0.2, 0.25) is 5.96 Å². The molecule has 0 spiro atoms. The molecule has 0 radical (unpaired) electrons. The van der Waals surface area contributed by atoms with E-state index >= 15 is 0 Å². The Morgan fingerprint density at radius 1 is 0.641 bits per heavy atom. The number of aliphatic imine (C=N–C) groups is 1. The second-order valence-corrected chi connectivity index (χ2v) is 10.1. The van der Waals surface area contributed by atoms with Gasteiger partial charge in [-0.1, -0.05) is 97.1 Å². The summed E-state index contributed by atoms with van der Waals surface area (Å²) in [5.41, 5.74) is 7.30. The SMILES string of the molecule is CN1C(n2c3ccccc3c3c4oc5ccccc5c4ccc32)=NC(c2ccccc2)=CC1c1ccccc1. The van der Waals surface area contributed by atoms with Gasteiger partial charge in [0.25, 0.3) is 0 Å². The van der Waals surface area contributed by atoms with Crippen LogP contribution in [-0.2, 0) is 0 Å². The molecule has 7 aromatic rings. The Kier molecular flexibility index (Phi) is 4.76. The molecular formula is C35H25N3O. The maximum Gasteiger partial charge on any atom is 0.211 e. The fourth-order valence-electron chi connectivity index (χ4n) is 6.01. The molecule has 1 aliphatic rings. The minimum Gasteiger partial charge on any atom is -0.455 e. The predicted octanol–water partition coefficient (Wildman–Crippen LogP) is 8.63. The third-order valence-electron chi connectivity index (χ3n) is 7.86. The van der Waals surface area contributed by atoms with Gasteiger partial charge in [0.05, 0.1) is 28.2 Å². The molecule has 5 aromatic carbocycles. The van der Waals surface area contributed by atoms with Crippen LogP contribution in [0.1, 0.15) is 17.2 Å². The molecule has 8 rings (SSSR count). The van der Waals surface area contributed by atoms with E-state index in [2.05, 4.69) is 126 Å². The first kappa shape index (κ1) is 21.9. The summed E-state index contributed by atoms with van der Waals surface area (Å²) in [4.78, 5) is 7.58. The zero-order valence-corrected chi connectivity index (χ0v) is 21.5. The predicted molar refractivity (Wildman–Crippen MR) is 161 cm³/mol. The number of aromatic nitrogens is 1. The monoisotopic (exact) mass is 503 g/mol. The highest BCUT2D eigenvalue weighted by molar-refractivity contribution is 6.25. The zero-order chi connectivity index (χ0) is 25.9. The molecule has 0 fully saturated rings. The van der Waals surface area contributed by atoms with Gasteiger partial charge in [-0.3, -0.25) is 4.57 Å². The van der Waals surface area contributed by atoms with Crippen LogP contribution in [0.4, 0.5) is 0 Å². The summed E-state index contributed by atoms with van der Waals surface area (Å²) in [5.74, 6) is 0.881. The van der Waals surface area contributed by atoms with Crippen molar-refractivity contribution >= 4 is 55.4 Å². The fraction of sp³-hybridized carbons (Fsp3) is 0.0571. The van der Waals surface area contributed by atoms with Gasteiger partial charge in [-0.15, -0.1) is 0 Å². The third kappa shape index (κ3) is 3.28. The molecule has 0 saturated carbocycles. The van der Waals surface area contributed by atoms with E-state index in [0.29, 0.717) is 0 Å². The summed E-state index contributed by atoms with van der Waals surface area (Å²) in [5, 5.41) is 4.53. The molecule has 0 bridgehead atoms. The minimum absolute atomic E-state index is 0.0278. The van der Waals surface area contributed by atoms with Crippen LogP contribution in [0, 0.1) is 0 Å². The molecule has 0 saturated heterocycles. The van der Waals surface area contributed by atoms with Crippen LogP contribution in [0.5, 0.6) is 0 Å². The molecule has 0 N–H and O–H groups in total. The lowest BCUT2D eigenvalue weighted by Crippen LogP contribution is -2.37. The third-order valence-corrected chi connectivity index (χ3v) is 7.86. The Labute approximate surface area is 225 Å². The van der Waals surface area contributed by atoms with Crippen LogP contribution in [-0.4, -0.2) is 22.5 Å². The van der Waals surface area contributed by atoms with E-state index in [9.17, 15) is 0 Å². The van der Waals surface area contributed by atoms with Crippen molar-refractivity contribution in [3.63, 3.8) is 0 Å². The van der Waals surface area contributed by atoms with Gasteiger partial charge < -0.3 is 9.32 Å². The van der Waals surface area contributed by atoms with E-state index in [1.807, 2.05) is 18.2 Å². The lowest BCUT2D eigenvalue weighted by molar-refractivity contribution is 0.422. The Morgan fingerprint density at radius 2 is 1.33 bits per heavy atom. The highest BCUT2D eigenvalue weighted by atomic mass is 16.3. The van der Waals surface area contributed by atoms with Gasteiger partial charge in [0.15, 0.2) is 0 Å². The summed E-state index contributed by atoms with van der Waals surface area (Å²) in [6, 6.07) is 42.3. The van der Waals surface area contributed by atoms with E-state index < -0.39 is 0 Å². The minimum atomic E-state index is 0.0278. The summed E-state index contributed by atoms with van der Waals surface area (Å²) in [6.45, 7) is 0. The van der Waals surface area contributed by atoms with Crippen LogP contribution in [0.15, 0.2) is 137 Å². The van der Waals surface area contributed by atoms with E-state index in [1.165, 1.54) is 5.56 Å². The van der Waals surface area contributed by atoms with E-state index in [4.69, 9.17) is 9.41 Å². The number of furan rings is 1. The van der Waals surface area contributed by atoms with Gasteiger partial charge in [0.1, 0.15) is 11.2 Å². The van der Waals surface area contributed by atoms with Crippen LogP contribution >= 0.6 is 0 Å². The average Bonchev–Trinajstić information content (AvgIpc) is 3.54. The van der Waals surface area contributed by atoms with Crippen molar-refractivity contribution in [2.45, 2.75) is 6.04 Å². The van der Waals surface area contributed by atoms with Gasteiger partial charge in [-0.25, -0.2) is 4.99 Å². The van der Waals surface area contributed by atoms with E-state index in [-0.39, 0.29) is 6.04 Å². The first-order valence-corrected chi connectivity index (χ1v) is 13.3. The van der Waals surface area contributed by atoms with Gasteiger partial charge in [0, 0.05) is 28.8 Å². The molecule has 1 unspecified atom stereocenters. The highest BCUT2D eigenvalue weighted by Gasteiger charge is 2.28. The molecule has 2 aromatic heterocycles. The second-order valence-electron chi connectivity index (χ2n) is 10.1. The molecular weight excluding hydrogens is 478 g/mol. The number of hydrogen-bond donors (Lipinski definition) is 0. The number of fused-ring (bicyclic) bond motifs is 7. The normalized spacial score (nSPS) is 15.8. The second kappa shape index (κ2) is 8.47. The quantitative estimate of drug-likeness (QED) is 0.237. The van der Waals surface area contributed by atoms with Crippen molar-refractivity contribution < 1.29 is 4.42 Å². The summed E-state index contributed by atoms with van der Waals surface area (Å²) < 4.78 is 8.80. The van der Waals surface area contributed by atoms with Crippen LogP contribution in [0.2, 0.25) is 0 Å². The van der Waals surface area contributed by atoms with Crippen molar-refractivity contribution in [3.8, 4) is 0 Å². The Morgan fingerprint density at radius 3 is 2.15 bits per heavy atom. The van der Waals surface area contributed by atoms with Crippen molar-refractivity contribution in [3.05, 3.63) is 139 Å². The number of likely N-dealkylation sites (N-methyl/N-ethyl adjacent to an activating group) is 1. The molecule has 0 aliphatic carbocycles. The van der Waals surface area contributed by atoms with Crippen LogP contribution < -0.4 is 0 Å². The Bertz CT molecular complexity index is 2080. The lowest BCUT2D eigenvalue weighted by atomic mass is 10.0. The summed E-state index contributed by atoms with van der Waals surface area (Å²) >= 11 is 0. The molecule has 39 heavy (non-hydrogen) atoms. The number of rotatable bonds is 2. The molecule has 1 atom stereocenters. The maximum absolute atomic E-state index is 6.50. The number of nitrogens with zero attached hydrogens (tertiary/aromatic N) is 3. The molecule has 4 nitrogen and oxygen atoms in total. The smallest absolute Gasteiger partial charge is 0.211 e. The number of para-hydroxylation sites is 2. The van der Waals surface area contributed by atoms with Crippen LogP contribution in [0.25, 0.3) is 49.4 Å². The fourth-order valence-corrected chi connectivity index (χ4v) is 6.01. The van der Waals surface area contributed by atoms with E-state index in [0.717, 1.165) is 61.0 Å². The van der Waals surface area contributed by atoms with Crippen molar-refractivity contribution in [2.75, 3.05) is 7.05 Å². The Hall–Kier alpha value is -5.09. The summed E-state index contributed by atoms with van der Waals surface area (Å²) in [7, 11) is 2.13. The molecule has 186 valence electrons. The topological polar surface area (TPSA) is 33.7 Å². The molecule has 0 amide bonds. The first-order chi connectivity index (χ1) is 19.3. The first-order valence-electron chi connectivity index (χ1n) is 13.3. The van der Waals surface area contributed by atoms with E-state index in [1.54, 1.807) is 0 Å². The number of hydrogen-bond acceptors (Lipinski definition) is 3. The zero-order valence-electron chi connectivity index (χ0n) is 21.5. The molecule has 1 aliphatic heterocycles. The largest absolute Gasteiger partial charge is 0.455 e. The highest BCUT2D eigenvalue weighted by Crippen LogP contribution is 2.41. The summed E-state index contributed by atoms with van der Waals surface area (Å²) in [6.07, 6.45) is 2.26. The van der Waals surface area contributed by atoms with Crippen molar-refractivity contribution in [1.29, 1.82) is 0 Å². The van der Waals surface area contributed by atoms with Crippen LogP contribution in [0.3, 0.4) is 0 Å². The molecule has 3 heterocycles. The van der Waals surface area contributed by atoms with Gasteiger partial charge in [-0.2, -0.15) is 0 Å². The van der Waals surface area contributed by atoms with Gasteiger partial charge in [-0.05, 0) is 35.9 Å². The number of benzene rings is 5. The Balaban J connectivity index is 1.44. The standard InChI is InChI=1S/C35H25N3O/c1-37-31(24-14-6-3-7-15-24)22-28(23-12-4-2-5-13-23)36-35(37)38-29-18-10-8-17-27(29)33-30(38)21-20-26-25-16-9-11-19-32(25)39-34(26)33/h2-22,31H,1H3. The lowest BCUT2D eigenvalue weighted by Gasteiger charge is -2.34. The average molecular weight is 504 g/mol. The van der Waals surface area contributed by atoms with Crippen molar-refractivity contribution in [2.24, 2.45) is 4.99 Å². The van der Waals surface area contributed by atoms with Gasteiger partial charge >= 0.3 is 0 Å². The maximum atomic E-state index is 6.50.